The largest absolute Gasteiger partial charge is 0.479 e. The van der Waals surface area contributed by atoms with Crippen LogP contribution in [-0.4, -0.2) is 52.9 Å². The van der Waals surface area contributed by atoms with E-state index >= 15 is 0 Å². The molecular formula is C19H34BNO7. The molecule has 0 bridgehead atoms. The van der Waals surface area contributed by atoms with Crippen LogP contribution in [0.2, 0.25) is 6.32 Å². The smallest absolute Gasteiger partial charge is 0.457 e. The van der Waals surface area contributed by atoms with Crippen LogP contribution in [0.25, 0.3) is 0 Å². The Morgan fingerprint density at radius 2 is 1.64 bits per heavy atom. The lowest BCUT2D eigenvalue weighted by Gasteiger charge is -2.32. The maximum Gasteiger partial charge on any atom is 0.457 e. The minimum absolute atomic E-state index is 0.0970. The molecule has 1 unspecified atom stereocenters. The SMILES string of the molecule is CC(C)(C)OC(=O)NC(CC=O)(CCCCB1OC(C)(C)C(C)(C)O1)C(=O)O. The van der Waals surface area contributed by atoms with E-state index in [1.807, 2.05) is 27.7 Å². The maximum atomic E-state index is 12.1. The van der Waals surface area contributed by atoms with Gasteiger partial charge in [0.05, 0.1) is 11.2 Å². The molecule has 1 aliphatic heterocycles. The average Bonchev–Trinajstić information content (AvgIpc) is 2.69. The number of rotatable bonds is 9. The molecule has 1 heterocycles. The van der Waals surface area contributed by atoms with Crippen LogP contribution in [0.4, 0.5) is 4.79 Å². The van der Waals surface area contributed by atoms with Crippen LogP contribution in [0.3, 0.4) is 0 Å². The average molecular weight is 399 g/mol. The summed E-state index contributed by atoms with van der Waals surface area (Å²) in [5.41, 5.74) is -3.30. The van der Waals surface area contributed by atoms with Gasteiger partial charge in [-0.05, 0) is 61.2 Å². The highest BCUT2D eigenvalue weighted by Crippen LogP contribution is 2.38. The third-order valence-electron chi connectivity index (χ3n) is 5.18. The Kier molecular flexibility index (Phi) is 7.70. The topological polar surface area (TPSA) is 111 Å². The molecule has 0 radical (unpaired) electrons. The summed E-state index contributed by atoms with van der Waals surface area (Å²) in [6, 6.07) is 0. The molecule has 160 valence electrons. The van der Waals surface area contributed by atoms with Crippen LogP contribution in [0.15, 0.2) is 0 Å². The van der Waals surface area contributed by atoms with E-state index in [0.717, 1.165) is 0 Å². The Morgan fingerprint density at radius 3 is 2.07 bits per heavy atom. The van der Waals surface area contributed by atoms with Crippen molar-refractivity contribution in [3.63, 3.8) is 0 Å². The third-order valence-corrected chi connectivity index (χ3v) is 5.18. The first-order chi connectivity index (χ1) is 12.6. The molecule has 1 fully saturated rings. The summed E-state index contributed by atoms with van der Waals surface area (Å²) in [6.45, 7) is 12.9. The van der Waals surface area contributed by atoms with E-state index in [1.54, 1.807) is 20.8 Å². The first-order valence-electron chi connectivity index (χ1n) is 9.68. The second kappa shape index (κ2) is 8.82. The van der Waals surface area contributed by atoms with Crippen LogP contribution < -0.4 is 5.32 Å². The van der Waals surface area contributed by atoms with Gasteiger partial charge in [-0.2, -0.15) is 0 Å². The summed E-state index contributed by atoms with van der Waals surface area (Å²) in [5.74, 6) is -1.26. The van der Waals surface area contributed by atoms with Crippen molar-refractivity contribution in [1.82, 2.24) is 5.32 Å². The number of aldehydes is 1. The van der Waals surface area contributed by atoms with Crippen molar-refractivity contribution >= 4 is 25.5 Å². The summed E-state index contributed by atoms with van der Waals surface area (Å²) in [6.07, 6.45) is 1.09. The van der Waals surface area contributed by atoms with E-state index in [4.69, 9.17) is 14.0 Å². The first-order valence-corrected chi connectivity index (χ1v) is 9.68. The van der Waals surface area contributed by atoms with Crippen molar-refractivity contribution in [2.75, 3.05) is 0 Å². The number of unbranched alkanes of at least 4 members (excludes halogenated alkanes) is 1. The van der Waals surface area contributed by atoms with Gasteiger partial charge in [0.25, 0.3) is 0 Å². The fourth-order valence-electron chi connectivity index (χ4n) is 2.93. The summed E-state index contributed by atoms with van der Waals surface area (Å²) in [7, 11) is -0.367. The Hall–Kier alpha value is -1.61. The van der Waals surface area contributed by atoms with Gasteiger partial charge in [0.1, 0.15) is 17.4 Å². The number of ether oxygens (including phenoxy) is 1. The zero-order valence-electron chi connectivity index (χ0n) is 18.1. The van der Waals surface area contributed by atoms with Gasteiger partial charge in [-0.3, -0.25) is 0 Å². The lowest BCUT2D eigenvalue weighted by atomic mass is 9.80. The Bertz CT molecular complexity index is 569. The number of carbonyl (C=O) groups excluding carboxylic acids is 2. The molecule has 0 aliphatic carbocycles. The summed E-state index contributed by atoms with van der Waals surface area (Å²) in [5, 5.41) is 12.1. The Morgan fingerprint density at radius 1 is 1.11 bits per heavy atom. The molecule has 1 atom stereocenters. The van der Waals surface area contributed by atoms with Crippen LogP contribution in [0.5, 0.6) is 0 Å². The van der Waals surface area contributed by atoms with E-state index in [2.05, 4.69) is 5.32 Å². The number of alkyl carbamates (subject to hydrolysis) is 1. The van der Waals surface area contributed by atoms with Gasteiger partial charge >= 0.3 is 19.2 Å². The highest BCUT2D eigenvalue weighted by atomic mass is 16.7. The molecule has 0 aromatic heterocycles. The number of nitrogens with one attached hydrogen (secondary N) is 1. The monoisotopic (exact) mass is 399 g/mol. The first kappa shape index (κ1) is 24.4. The van der Waals surface area contributed by atoms with Crippen molar-refractivity contribution < 1.29 is 33.5 Å². The molecule has 1 saturated heterocycles. The molecule has 8 nitrogen and oxygen atoms in total. The molecule has 1 aliphatic rings. The maximum absolute atomic E-state index is 12.1. The Labute approximate surface area is 167 Å². The molecule has 0 spiro atoms. The number of amides is 1. The quantitative estimate of drug-likeness (QED) is 0.348. The minimum Gasteiger partial charge on any atom is -0.479 e. The molecule has 0 aromatic carbocycles. The second-order valence-electron chi connectivity index (χ2n) is 9.32. The van der Waals surface area contributed by atoms with E-state index in [1.165, 1.54) is 0 Å². The van der Waals surface area contributed by atoms with Crippen molar-refractivity contribution in [1.29, 1.82) is 0 Å². The molecule has 9 heteroatoms. The minimum atomic E-state index is -1.69. The van der Waals surface area contributed by atoms with Crippen LogP contribution in [0.1, 0.15) is 74.1 Å². The summed E-state index contributed by atoms with van der Waals surface area (Å²) in [4.78, 5) is 35.0. The third kappa shape index (κ3) is 6.48. The van der Waals surface area contributed by atoms with Crippen LogP contribution in [-0.2, 0) is 23.6 Å². The molecule has 1 amide bonds. The van der Waals surface area contributed by atoms with Gasteiger partial charge in [-0.1, -0.05) is 12.8 Å². The fourth-order valence-corrected chi connectivity index (χ4v) is 2.93. The zero-order valence-corrected chi connectivity index (χ0v) is 18.1. The van der Waals surface area contributed by atoms with E-state index < -0.39 is 34.4 Å². The van der Waals surface area contributed by atoms with Crippen LogP contribution >= 0.6 is 0 Å². The summed E-state index contributed by atoms with van der Waals surface area (Å²) >= 11 is 0. The highest BCUT2D eigenvalue weighted by Gasteiger charge is 2.50. The van der Waals surface area contributed by atoms with Gasteiger partial charge in [-0.15, -0.1) is 0 Å². The van der Waals surface area contributed by atoms with Crippen molar-refractivity contribution in [3.05, 3.63) is 0 Å². The lowest BCUT2D eigenvalue weighted by Crippen LogP contribution is -2.55. The molecule has 0 saturated carbocycles. The molecular weight excluding hydrogens is 365 g/mol. The second-order valence-corrected chi connectivity index (χ2v) is 9.32. The molecule has 1 rings (SSSR count). The predicted molar refractivity (Wildman–Crippen MR) is 105 cm³/mol. The standard InChI is InChI=1S/C19H34BNO7/c1-16(2,3)26-15(25)21-19(11-13-22,14(23)24)10-8-9-12-20-27-17(4,5)18(6,7)28-20/h13H,8-12H2,1-7H3,(H,21,25)(H,23,24). The van der Waals surface area contributed by atoms with Gasteiger partial charge in [0, 0.05) is 6.42 Å². The molecule has 28 heavy (non-hydrogen) atoms. The molecule has 0 aromatic rings. The van der Waals surface area contributed by atoms with Crippen molar-refractivity contribution in [2.45, 2.75) is 103 Å². The van der Waals surface area contributed by atoms with Crippen LogP contribution in [0, 0.1) is 0 Å². The van der Waals surface area contributed by atoms with Gasteiger partial charge < -0.3 is 29.3 Å². The number of hydrogen-bond acceptors (Lipinski definition) is 6. The Balaban J connectivity index is 2.67. The van der Waals surface area contributed by atoms with E-state index in [-0.39, 0.29) is 20.0 Å². The lowest BCUT2D eigenvalue weighted by molar-refractivity contribution is -0.146. The zero-order chi connectivity index (χ0) is 21.8. The van der Waals surface area contributed by atoms with E-state index in [9.17, 15) is 19.5 Å². The van der Waals surface area contributed by atoms with Gasteiger partial charge in [-0.25, -0.2) is 9.59 Å². The predicted octanol–water partition coefficient (Wildman–Crippen LogP) is 3.19. The number of hydrogen-bond donors (Lipinski definition) is 2. The van der Waals surface area contributed by atoms with E-state index in [0.29, 0.717) is 25.4 Å². The number of carbonyl (C=O) groups is 3. The highest BCUT2D eigenvalue weighted by molar-refractivity contribution is 6.45. The number of carboxylic acids is 1. The summed E-state index contributed by atoms with van der Waals surface area (Å²) < 4.78 is 17.0. The molecule has 2 N–H and O–H groups in total. The number of carboxylic acid groups (broad SMARTS) is 1. The fraction of sp³-hybridized carbons (Fsp3) is 0.842. The van der Waals surface area contributed by atoms with Crippen molar-refractivity contribution in [3.8, 4) is 0 Å². The van der Waals surface area contributed by atoms with Gasteiger partial charge in [0.15, 0.2) is 0 Å². The van der Waals surface area contributed by atoms with Gasteiger partial charge in [0.2, 0.25) is 0 Å². The normalized spacial score (nSPS) is 20.3. The van der Waals surface area contributed by atoms with Crippen molar-refractivity contribution in [2.24, 2.45) is 0 Å². The number of aliphatic carboxylic acids is 1.